The zero-order chi connectivity index (χ0) is 18.9. The van der Waals surface area contributed by atoms with E-state index >= 15 is 0 Å². The highest BCUT2D eigenvalue weighted by molar-refractivity contribution is 8.00. The Bertz CT molecular complexity index is 803. The van der Waals surface area contributed by atoms with Gasteiger partial charge in [0.2, 0.25) is 0 Å². The summed E-state index contributed by atoms with van der Waals surface area (Å²) in [7, 11) is 0. The molecule has 136 valence electrons. The Morgan fingerprint density at radius 3 is 2.46 bits per heavy atom. The van der Waals surface area contributed by atoms with Crippen LogP contribution in [0.5, 0.6) is 0 Å². The fourth-order valence-corrected chi connectivity index (χ4v) is 3.03. The van der Waals surface area contributed by atoms with Gasteiger partial charge in [0.1, 0.15) is 0 Å². The normalized spacial score (nSPS) is 10.1. The monoisotopic (exact) mass is 412 g/mol. The maximum atomic E-state index is 11.7. The minimum atomic E-state index is -0.659. The first-order chi connectivity index (χ1) is 12.5. The van der Waals surface area contributed by atoms with Gasteiger partial charge >= 0.3 is 5.97 Å². The molecule has 0 aliphatic heterocycles. The second-order valence-corrected chi connectivity index (χ2v) is 6.75. The van der Waals surface area contributed by atoms with Gasteiger partial charge in [-0.3, -0.25) is 25.2 Å². The molecule has 2 aromatic rings. The number of benzene rings is 2. The molecule has 2 aromatic carbocycles. The molecule has 0 unspecified atom stereocenters. The Kier molecular flexibility index (Phi) is 7.77. The number of carbonyl (C=O) groups is 3. The van der Waals surface area contributed by atoms with Gasteiger partial charge in [0.15, 0.2) is 6.61 Å². The Hall–Kier alpha value is -2.22. The summed E-state index contributed by atoms with van der Waals surface area (Å²) in [6.07, 6.45) is 0. The highest BCUT2D eigenvalue weighted by Gasteiger charge is 2.11. The Morgan fingerprint density at radius 1 is 1.00 bits per heavy atom. The summed E-state index contributed by atoms with van der Waals surface area (Å²) in [4.78, 5) is 35.7. The number of hydrazine groups is 1. The zero-order valence-corrected chi connectivity index (χ0v) is 15.7. The molecule has 0 aromatic heterocycles. The van der Waals surface area contributed by atoms with Crippen LogP contribution in [0.15, 0.2) is 53.4 Å². The summed E-state index contributed by atoms with van der Waals surface area (Å²) in [5.41, 5.74) is 4.78. The van der Waals surface area contributed by atoms with E-state index in [9.17, 15) is 14.4 Å². The van der Waals surface area contributed by atoms with Crippen LogP contribution in [0, 0.1) is 0 Å². The molecule has 2 rings (SSSR count). The van der Waals surface area contributed by atoms with Gasteiger partial charge in [-0.15, -0.1) is 11.8 Å². The summed E-state index contributed by atoms with van der Waals surface area (Å²) in [6.45, 7) is -0.516. The Balaban J connectivity index is 1.69. The van der Waals surface area contributed by atoms with Crippen molar-refractivity contribution in [3.8, 4) is 0 Å². The van der Waals surface area contributed by atoms with Crippen molar-refractivity contribution >= 4 is 52.7 Å². The van der Waals surface area contributed by atoms with Gasteiger partial charge < -0.3 is 4.74 Å². The molecule has 0 aliphatic rings. The molecular formula is C17H14Cl2N2O4S. The first-order valence-corrected chi connectivity index (χ1v) is 9.07. The quantitative estimate of drug-likeness (QED) is 0.432. The molecule has 0 spiro atoms. The van der Waals surface area contributed by atoms with Crippen LogP contribution in [0.1, 0.15) is 10.4 Å². The predicted molar refractivity (Wildman–Crippen MR) is 100 cm³/mol. The highest BCUT2D eigenvalue weighted by Crippen LogP contribution is 2.29. The van der Waals surface area contributed by atoms with Crippen LogP contribution in [-0.4, -0.2) is 30.1 Å². The van der Waals surface area contributed by atoms with Crippen molar-refractivity contribution in [1.29, 1.82) is 0 Å². The number of nitrogens with one attached hydrogen (secondary N) is 2. The van der Waals surface area contributed by atoms with Crippen LogP contribution in [0.3, 0.4) is 0 Å². The van der Waals surface area contributed by atoms with Gasteiger partial charge in [0.25, 0.3) is 11.8 Å². The minimum Gasteiger partial charge on any atom is -0.455 e. The Labute approximate surface area is 164 Å². The van der Waals surface area contributed by atoms with Crippen molar-refractivity contribution < 1.29 is 19.1 Å². The highest BCUT2D eigenvalue weighted by atomic mass is 35.5. The van der Waals surface area contributed by atoms with E-state index in [1.807, 2.05) is 0 Å². The van der Waals surface area contributed by atoms with Gasteiger partial charge in [0.05, 0.1) is 10.8 Å². The lowest BCUT2D eigenvalue weighted by Crippen LogP contribution is -2.43. The number of thioether (sulfide) groups is 1. The average Bonchev–Trinajstić information content (AvgIpc) is 2.65. The van der Waals surface area contributed by atoms with E-state index in [1.165, 1.54) is 0 Å². The lowest BCUT2D eigenvalue weighted by molar-refractivity contribution is -0.146. The molecule has 0 fully saturated rings. The Morgan fingerprint density at radius 2 is 1.73 bits per heavy atom. The number of amides is 2. The maximum Gasteiger partial charge on any atom is 0.316 e. The summed E-state index contributed by atoms with van der Waals surface area (Å²) in [6, 6.07) is 13.3. The molecule has 26 heavy (non-hydrogen) atoms. The molecule has 2 N–H and O–H groups in total. The third kappa shape index (κ3) is 6.59. The van der Waals surface area contributed by atoms with E-state index in [2.05, 4.69) is 10.9 Å². The molecule has 0 heterocycles. The van der Waals surface area contributed by atoms with E-state index in [0.717, 1.165) is 11.8 Å². The topological polar surface area (TPSA) is 84.5 Å². The van der Waals surface area contributed by atoms with Crippen molar-refractivity contribution in [2.45, 2.75) is 4.90 Å². The smallest absolute Gasteiger partial charge is 0.316 e. The van der Waals surface area contributed by atoms with Gasteiger partial charge in [-0.25, -0.2) is 0 Å². The summed E-state index contributed by atoms with van der Waals surface area (Å²) >= 11 is 13.0. The first kappa shape index (κ1) is 20.1. The zero-order valence-electron chi connectivity index (χ0n) is 13.3. The molecule has 6 nitrogen and oxygen atoms in total. The number of hydrogen-bond acceptors (Lipinski definition) is 5. The number of hydrogen-bond donors (Lipinski definition) is 2. The standard InChI is InChI=1S/C17H14Cl2N2O4S/c18-12-6-7-13(19)14(8-12)26-10-16(23)25-9-15(22)20-21-17(24)11-4-2-1-3-5-11/h1-8H,9-10H2,(H,20,22)(H,21,24). The van der Waals surface area contributed by atoms with Crippen molar-refractivity contribution in [3.05, 3.63) is 64.1 Å². The van der Waals surface area contributed by atoms with Crippen LogP contribution < -0.4 is 10.9 Å². The number of carbonyl (C=O) groups excluding carboxylic acids is 3. The largest absolute Gasteiger partial charge is 0.455 e. The van der Waals surface area contributed by atoms with Gasteiger partial charge in [-0.2, -0.15) is 0 Å². The molecule has 0 saturated carbocycles. The van der Waals surface area contributed by atoms with E-state index in [0.29, 0.717) is 20.5 Å². The molecule has 9 heteroatoms. The summed E-state index contributed by atoms with van der Waals surface area (Å²) in [5.74, 6) is -1.77. The van der Waals surface area contributed by atoms with E-state index in [-0.39, 0.29) is 5.75 Å². The number of rotatable bonds is 6. The molecule has 2 amide bonds. The van der Waals surface area contributed by atoms with Crippen molar-refractivity contribution in [3.63, 3.8) is 0 Å². The molecule has 0 aliphatic carbocycles. The van der Waals surface area contributed by atoms with Crippen LogP contribution in [0.4, 0.5) is 0 Å². The second kappa shape index (κ2) is 10.1. The third-order valence-electron chi connectivity index (χ3n) is 2.95. The van der Waals surface area contributed by atoms with Crippen LogP contribution in [-0.2, 0) is 14.3 Å². The fourth-order valence-electron chi connectivity index (χ4n) is 1.74. The maximum absolute atomic E-state index is 11.7. The molecule has 0 saturated heterocycles. The van der Waals surface area contributed by atoms with Gasteiger partial charge in [-0.05, 0) is 30.3 Å². The lowest BCUT2D eigenvalue weighted by atomic mass is 10.2. The van der Waals surface area contributed by atoms with Crippen LogP contribution in [0.2, 0.25) is 10.0 Å². The minimum absolute atomic E-state index is 0.0380. The summed E-state index contributed by atoms with van der Waals surface area (Å²) in [5, 5.41) is 0.965. The van der Waals surface area contributed by atoms with Crippen LogP contribution >= 0.6 is 35.0 Å². The number of esters is 1. The van der Waals surface area contributed by atoms with Crippen molar-refractivity contribution in [1.82, 2.24) is 10.9 Å². The molecule has 0 radical (unpaired) electrons. The second-order valence-electron chi connectivity index (χ2n) is 4.89. The van der Waals surface area contributed by atoms with Gasteiger partial charge in [0, 0.05) is 15.5 Å². The average molecular weight is 413 g/mol. The predicted octanol–water partition coefficient (Wildman–Crippen LogP) is 3.09. The molecular weight excluding hydrogens is 399 g/mol. The van der Waals surface area contributed by atoms with Crippen molar-refractivity contribution in [2.75, 3.05) is 12.4 Å². The molecule has 0 atom stereocenters. The van der Waals surface area contributed by atoms with Crippen LogP contribution in [0.25, 0.3) is 0 Å². The SMILES string of the molecule is O=C(COC(=O)CSc1cc(Cl)ccc1Cl)NNC(=O)c1ccccc1. The summed E-state index contributed by atoms with van der Waals surface area (Å²) < 4.78 is 4.83. The van der Waals surface area contributed by atoms with E-state index in [1.54, 1.807) is 48.5 Å². The number of halogens is 2. The number of ether oxygens (including phenoxy) is 1. The molecule has 0 bridgehead atoms. The van der Waals surface area contributed by atoms with Crippen molar-refractivity contribution in [2.24, 2.45) is 0 Å². The van der Waals surface area contributed by atoms with E-state index < -0.39 is 24.4 Å². The third-order valence-corrected chi connectivity index (χ3v) is 4.66. The van der Waals surface area contributed by atoms with E-state index in [4.69, 9.17) is 27.9 Å². The van der Waals surface area contributed by atoms with Gasteiger partial charge in [-0.1, -0.05) is 41.4 Å². The fraction of sp³-hybridized carbons (Fsp3) is 0.118. The first-order valence-electron chi connectivity index (χ1n) is 7.33. The lowest BCUT2D eigenvalue weighted by Gasteiger charge is -2.08.